The SMILES string of the molecule is OC[C@H]1O[C@@H](O[C@@H]2[C@H](O[C@@H]3[C@H](O)[C@H](O)O[C@H](CO)[C@H]3O)O[C@H](CO)[C@@H](O)[C@@H]2O)[C@@H](O)[C@@H](O)[C@@H]1O. The number of hydrogen-bond acceptors (Lipinski definition) is 16. The molecule has 3 rings (SSSR count). The van der Waals surface area contributed by atoms with E-state index in [1.54, 1.807) is 0 Å². The van der Waals surface area contributed by atoms with Crippen LogP contribution in [0.25, 0.3) is 0 Å². The van der Waals surface area contributed by atoms with Gasteiger partial charge in [-0.3, -0.25) is 0 Å². The Bertz CT molecular complexity index is 639. The number of ether oxygens (including phenoxy) is 5. The molecule has 3 fully saturated rings. The van der Waals surface area contributed by atoms with E-state index in [2.05, 4.69) is 0 Å². The first-order valence-corrected chi connectivity index (χ1v) is 10.6. The summed E-state index contributed by atoms with van der Waals surface area (Å²) in [5.41, 5.74) is 0. The molecular weight excluding hydrogens is 472 g/mol. The van der Waals surface area contributed by atoms with Crippen LogP contribution in [0.5, 0.6) is 0 Å². The molecule has 0 aromatic carbocycles. The van der Waals surface area contributed by atoms with E-state index in [1.807, 2.05) is 0 Å². The Labute approximate surface area is 192 Å². The molecule has 0 amide bonds. The molecule has 0 unspecified atom stereocenters. The summed E-state index contributed by atoms with van der Waals surface area (Å²) in [7, 11) is 0. The molecule has 11 N–H and O–H groups in total. The van der Waals surface area contributed by atoms with Crippen molar-refractivity contribution in [3.63, 3.8) is 0 Å². The molecule has 34 heavy (non-hydrogen) atoms. The molecule has 16 heteroatoms. The molecule has 15 atom stereocenters. The van der Waals surface area contributed by atoms with Gasteiger partial charge in [0.25, 0.3) is 0 Å². The van der Waals surface area contributed by atoms with E-state index in [-0.39, 0.29) is 0 Å². The second kappa shape index (κ2) is 11.6. The van der Waals surface area contributed by atoms with Gasteiger partial charge in [0.15, 0.2) is 18.9 Å². The summed E-state index contributed by atoms with van der Waals surface area (Å²) in [6.45, 7) is -2.34. The number of hydrogen-bond donors (Lipinski definition) is 11. The number of aliphatic hydroxyl groups is 11. The summed E-state index contributed by atoms with van der Waals surface area (Å²) in [6.07, 6.45) is -25.7. The molecule has 200 valence electrons. The molecule has 0 aromatic heterocycles. The third-order valence-electron chi connectivity index (χ3n) is 6.10. The molecule has 0 aliphatic carbocycles. The highest BCUT2D eigenvalue weighted by Gasteiger charge is 2.53. The number of rotatable bonds is 7. The van der Waals surface area contributed by atoms with Gasteiger partial charge < -0.3 is 79.9 Å². The first-order chi connectivity index (χ1) is 16.0. The maximum atomic E-state index is 10.6. The van der Waals surface area contributed by atoms with E-state index in [1.165, 1.54) is 0 Å². The second-order valence-corrected chi connectivity index (χ2v) is 8.33. The third kappa shape index (κ3) is 5.37. The van der Waals surface area contributed by atoms with Crippen LogP contribution in [-0.2, 0) is 23.7 Å². The average molecular weight is 504 g/mol. The maximum absolute atomic E-state index is 10.6. The van der Waals surface area contributed by atoms with Gasteiger partial charge in [-0.15, -0.1) is 0 Å². The lowest BCUT2D eigenvalue weighted by molar-refractivity contribution is -0.387. The van der Waals surface area contributed by atoms with Crippen LogP contribution in [0.15, 0.2) is 0 Å². The van der Waals surface area contributed by atoms with Crippen molar-refractivity contribution in [1.82, 2.24) is 0 Å². The summed E-state index contributed by atoms with van der Waals surface area (Å²) in [4.78, 5) is 0. The van der Waals surface area contributed by atoms with Gasteiger partial charge in [0, 0.05) is 0 Å². The van der Waals surface area contributed by atoms with E-state index in [4.69, 9.17) is 23.7 Å². The van der Waals surface area contributed by atoms with Gasteiger partial charge in [-0.1, -0.05) is 0 Å². The largest absolute Gasteiger partial charge is 0.394 e. The fourth-order valence-electron chi connectivity index (χ4n) is 4.03. The quantitative estimate of drug-likeness (QED) is 0.154. The van der Waals surface area contributed by atoms with Crippen molar-refractivity contribution in [3.05, 3.63) is 0 Å². The van der Waals surface area contributed by atoms with Gasteiger partial charge in [0.1, 0.15) is 73.2 Å². The summed E-state index contributed by atoms with van der Waals surface area (Å²) < 4.78 is 26.5. The van der Waals surface area contributed by atoms with Gasteiger partial charge >= 0.3 is 0 Å². The monoisotopic (exact) mass is 504 g/mol. The predicted octanol–water partition coefficient (Wildman–Crippen LogP) is -7.57. The van der Waals surface area contributed by atoms with E-state index in [9.17, 15) is 56.2 Å². The molecule has 16 nitrogen and oxygen atoms in total. The van der Waals surface area contributed by atoms with E-state index in [0.717, 1.165) is 0 Å². The third-order valence-corrected chi connectivity index (χ3v) is 6.10. The Balaban J connectivity index is 1.84. The first kappa shape index (κ1) is 27.9. The Kier molecular flexibility index (Phi) is 9.54. The van der Waals surface area contributed by atoms with Crippen LogP contribution in [0.4, 0.5) is 0 Å². The van der Waals surface area contributed by atoms with Gasteiger partial charge in [0.05, 0.1) is 19.8 Å². The van der Waals surface area contributed by atoms with Gasteiger partial charge in [-0.25, -0.2) is 0 Å². The second-order valence-electron chi connectivity index (χ2n) is 8.33. The molecule has 0 saturated carbocycles. The molecule has 0 aromatic rings. The Hall–Kier alpha value is -0.640. The highest BCUT2D eigenvalue weighted by atomic mass is 16.8. The summed E-state index contributed by atoms with van der Waals surface area (Å²) in [6, 6.07) is 0. The minimum atomic E-state index is -1.89. The van der Waals surface area contributed by atoms with Crippen LogP contribution >= 0.6 is 0 Å². The summed E-state index contributed by atoms with van der Waals surface area (Å²) in [5.74, 6) is 0. The molecular formula is C18H32O16. The van der Waals surface area contributed by atoms with E-state index < -0.39 is 112 Å². The zero-order valence-electron chi connectivity index (χ0n) is 17.7. The van der Waals surface area contributed by atoms with Crippen LogP contribution in [0.3, 0.4) is 0 Å². The molecule has 3 aliphatic rings. The molecule has 3 aliphatic heterocycles. The minimum Gasteiger partial charge on any atom is -0.394 e. The normalized spacial score (nSPS) is 52.5. The van der Waals surface area contributed by atoms with Gasteiger partial charge in [-0.2, -0.15) is 0 Å². The van der Waals surface area contributed by atoms with Crippen LogP contribution in [0.1, 0.15) is 0 Å². The van der Waals surface area contributed by atoms with E-state index >= 15 is 0 Å². The maximum Gasteiger partial charge on any atom is 0.187 e. The fraction of sp³-hybridized carbons (Fsp3) is 1.00. The molecule has 0 bridgehead atoms. The Morgan fingerprint density at radius 3 is 1.47 bits per heavy atom. The minimum absolute atomic E-state index is 0.762. The van der Waals surface area contributed by atoms with Crippen LogP contribution in [0, 0.1) is 0 Å². The van der Waals surface area contributed by atoms with Crippen molar-refractivity contribution in [2.24, 2.45) is 0 Å². The highest BCUT2D eigenvalue weighted by molar-refractivity contribution is 4.96. The van der Waals surface area contributed by atoms with Crippen LogP contribution in [0.2, 0.25) is 0 Å². The Morgan fingerprint density at radius 2 is 0.912 bits per heavy atom. The molecule has 0 radical (unpaired) electrons. The number of aliphatic hydroxyl groups excluding tert-OH is 11. The average Bonchev–Trinajstić information content (AvgIpc) is 2.83. The smallest absolute Gasteiger partial charge is 0.187 e. The zero-order chi connectivity index (χ0) is 25.3. The van der Waals surface area contributed by atoms with E-state index in [0.29, 0.717) is 0 Å². The standard InChI is InChI=1S/C18H32O16/c19-1-4-7(22)10(25)12(27)17(31-4)34-15-11(26)8(23)5(2-20)32-18(15)33-14-9(24)6(3-21)30-16(29)13(14)28/h4-29H,1-3H2/t4-,5-,6-,7-,8-,9-,10+,11+,12+,13+,14+,15+,16-,17+,18+/m1/s1. The molecule has 3 saturated heterocycles. The van der Waals surface area contributed by atoms with Crippen LogP contribution < -0.4 is 0 Å². The van der Waals surface area contributed by atoms with Crippen molar-refractivity contribution in [2.75, 3.05) is 19.8 Å². The summed E-state index contributed by atoms with van der Waals surface area (Å²) >= 11 is 0. The van der Waals surface area contributed by atoms with Crippen LogP contribution in [-0.4, -0.2) is 168 Å². The van der Waals surface area contributed by atoms with Gasteiger partial charge in [-0.05, 0) is 0 Å². The zero-order valence-corrected chi connectivity index (χ0v) is 17.7. The fourth-order valence-corrected chi connectivity index (χ4v) is 4.03. The van der Waals surface area contributed by atoms with Crippen molar-refractivity contribution in [3.8, 4) is 0 Å². The molecule has 0 spiro atoms. The Morgan fingerprint density at radius 1 is 0.441 bits per heavy atom. The lowest BCUT2D eigenvalue weighted by Gasteiger charge is -2.48. The topological polar surface area (TPSA) is 269 Å². The lowest BCUT2D eigenvalue weighted by atomic mass is 9.96. The summed E-state index contributed by atoms with van der Waals surface area (Å²) in [5, 5.41) is 110. The highest BCUT2D eigenvalue weighted by Crippen LogP contribution is 2.32. The van der Waals surface area contributed by atoms with Crippen molar-refractivity contribution in [1.29, 1.82) is 0 Å². The lowest BCUT2D eigenvalue weighted by Crippen LogP contribution is -2.67. The van der Waals surface area contributed by atoms with Crippen molar-refractivity contribution >= 4 is 0 Å². The van der Waals surface area contributed by atoms with Crippen molar-refractivity contribution in [2.45, 2.75) is 92.1 Å². The predicted molar refractivity (Wildman–Crippen MR) is 101 cm³/mol. The van der Waals surface area contributed by atoms with Gasteiger partial charge in [0.2, 0.25) is 0 Å². The molecule has 3 heterocycles. The first-order valence-electron chi connectivity index (χ1n) is 10.6. The van der Waals surface area contributed by atoms with Crippen molar-refractivity contribution < 1.29 is 79.9 Å².